The van der Waals surface area contributed by atoms with Crippen molar-refractivity contribution in [3.05, 3.63) is 0 Å². The molecular weight excluding hydrogens is 172 g/mol. The van der Waals surface area contributed by atoms with Crippen LogP contribution in [0.2, 0.25) is 0 Å². The Morgan fingerprint density at radius 1 is 1.33 bits per heavy atom. The lowest BCUT2D eigenvalue weighted by Crippen LogP contribution is -2.32. The topological polar surface area (TPSA) is 3.24 Å². The quantitative estimate of drug-likeness (QED) is 0.575. The van der Waals surface area contributed by atoms with Gasteiger partial charge >= 0.3 is 0 Å². The van der Waals surface area contributed by atoms with Crippen molar-refractivity contribution in [2.24, 2.45) is 0 Å². The number of alkyl halides is 1. The van der Waals surface area contributed by atoms with Crippen LogP contribution in [-0.2, 0) is 0 Å². The van der Waals surface area contributed by atoms with E-state index in [2.05, 4.69) is 28.0 Å². The fourth-order valence-electron chi connectivity index (χ4n) is 1.66. The van der Waals surface area contributed by atoms with Gasteiger partial charge in [-0.05, 0) is 39.7 Å². The maximum absolute atomic E-state index is 13.5. The maximum atomic E-state index is 13.5. The first kappa shape index (κ1) is 10.4. The molecule has 2 unspecified atom stereocenters. The molecule has 0 N–H and O–H groups in total. The lowest BCUT2D eigenvalue weighted by molar-refractivity contribution is 0.211. The molecule has 0 aromatic carbocycles. The fourth-order valence-corrected chi connectivity index (χ4v) is 1.99. The molecule has 0 spiro atoms. The molecule has 1 aliphatic rings. The molecule has 0 aliphatic carbocycles. The summed E-state index contributed by atoms with van der Waals surface area (Å²) in [5.74, 6) is 0. The molecule has 72 valence electrons. The van der Waals surface area contributed by atoms with Gasteiger partial charge in [0.15, 0.2) is 0 Å². The lowest BCUT2D eigenvalue weighted by Gasteiger charge is -2.24. The van der Waals surface area contributed by atoms with Gasteiger partial charge in [-0.1, -0.05) is 9.24 Å². The van der Waals surface area contributed by atoms with E-state index in [0.29, 0.717) is 18.9 Å². The van der Waals surface area contributed by atoms with Crippen LogP contribution >= 0.6 is 9.24 Å². The molecule has 0 aromatic rings. The van der Waals surface area contributed by atoms with Gasteiger partial charge in [-0.3, -0.25) is 0 Å². The van der Waals surface area contributed by atoms with Crippen LogP contribution in [0, 0.1) is 0 Å². The number of hydrogen-bond acceptors (Lipinski definition) is 1. The van der Waals surface area contributed by atoms with Crippen molar-refractivity contribution >= 4 is 9.24 Å². The highest BCUT2D eigenvalue weighted by Gasteiger charge is 2.27. The minimum absolute atomic E-state index is 0.559. The highest BCUT2D eigenvalue weighted by molar-refractivity contribution is 7.18. The average Bonchev–Trinajstić information content (AvgIpc) is 2.10. The van der Waals surface area contributed by atoms with Crippen molar-refractivity contribution in [3.8, 4) is 0 Å². The normalized spacial score (nSPS) is 33.8. The molecular formula is C9H19FNP. The number of likely N-dealkylation sites (tertiary alicyclic amines) is 1. The van der Waals surface area contributed by atoms with Gasteiger partial charge in [-0.25, -0.2) is 4.39 Å². The van der Waals surface area contributed by atoms with Crippen LogP contribution < -0.4 is 0 Å². The first-order valence-corrected chi connectivity index (χ1v) is 5.31. The van der Waals surface area contributed by atoms with Crippen LogP contribution in [0.3, 0.4) is 0 Å². The molecule has 1 nitrogen and oxygen atoms in total. The van der Waals surface area contributed by atoms with Crippen molar-refractivity contribution in [3.63, 3.8) is 0 Å². The van der Waals surface area contributed by atoms with E-state index in [0.717, 1.165) is 19.5 Å². The van der Waals surface area contributed by atoms with E-state index in [1.54, 1.807) is 0 Å². The minimum Gasteiger partial charge on any atom is -0.301 e. The standard InChI is InChI=1S/C9H19FNP/c1-8(2)11-6-3-4-9(10,12)5-7-11/h8H,3-7,12H2,1-2H3. The number of nitrogens with zero attached hydrogens (tertiary/aromatic N) is 1. The summed E-state index contributed by atoms with van der Waals surface area (Å²) in [6.45, 7) is 6.30. The van der Waals surface area contributed by atoms with Gasteiger partial charge in [0.25, 0.3) is 0 Å². The van der Waals surface area contributed by atoms with Gasteiger partial charge in [0.1, 0.15) is 5.41 Å². The Kier molecular flexibility index (Phi) is 3.48. The van der Waals surface area contributed by atoms with E-state index in [1.165, 1.54) is 0 Å². The molecule has 0 radical (unpaired) electrons. The highest BCUT2D eigenvalue weighted by Crippen LogP contribution is 2.32. The zero-order valence-corrected chi connectivity index (χ0v) is 9.17. The minimum atomic E-state index is -0.996. The molecule has 0 amide bonds. The Balaban J connectivity index is 2.45. The number of rotatable bonds is 1. The monoisotopic (exact) mass is 191 g/mol. The average molecular weight is 191 g/mol. The third-order valence-electron chi connectivity index (χ3n) is 2.58. The van der Waals surface area contributed by atoms with E-state index < -0.39 is 5.41 Å². The van der Waals surface area contributed by atoms with Crippen LogP contribution in [0.15, 0.2) is 0 Å². The summed E-state index contributed by atoms with van der Waals surface area (Å²) in [4.78, 5) is 2.35. The van der Waals surface area contributed by atoms with Gasteiger partial charge in [0, 0.05) is 12.6 Å². The second kappa shape index (κ2) is 4.02. The predicted octanol–water partition coefficient (Wildman–Crippen LogP) is 2.42. The van der Waals surface area contributed by atoms with Gasteiger partial charge in [-0.2, -0.15) is 0 Å². The summed E-state index contributed by atoms with van der Waals surface area (Å²) >= 11 is 0. The van der Waals surface area contributed by atoms with Crippen LogP contribution in [0.1, 0.15) is 33.1 Å². The van der Waals surface area contributed by atoms with Gasteiger partial charge in [0.2, 0.25) is 0 Å². The van der Waals surface area contributed by atoms with Crippen molar-refractivity contribution in [2.45, 2.75) is 44.6 Å². The summed E-state index contributed by atoms with van der Waals surface area (Å²) in [6.07, 6.45) is 2.34. The van der Waals surface area contributed by atoms with Crippen LogP contribution in [0.4, 0.5) is 4.39 Å². The second-order valence-electron chi connectivity index (χ2n) is 4.02. The van der Waals surface area contributed by atoms with E-state index in [1.807, 2.05) is 0 Å². The molecule has 1 saturated heterocycles. The molecule has 0 saturated carbocycles. The Morgan fingerprint density at radius 3 is 2.58 bits per heavy atom. The molecule has 0 bridgehead atoms. The molecule has 1 aliphatic heterocycles. The Bertz CT molecular complexity index is 147. The largest absolute Gasteiger partial charge is 0.301 e. The maximum Gasteiger partial charge on any atom is 0.125 e. The van der Waals surface area contributed by atoms with E-state index in [9.17, 15) is 4.39 Å². The molecule has 3 heteroatoms. The SMILES string of the molecule is CC(C)N1CCCC(F)(P)CC1. The molecule has 0 aromatic heterocycles. The summed E-state index contributed by atoms with van der Waals surface area (Å²) < 4.78 is 13.5. The van der Waals surface area contributed by atoms with Crippen LogP contribution in [0.25, 0.3) is 0 Å². The summed E-state index contributed by atoms with van der Waals surface area (Å²) in [5, 5.41) is -0.996. The Hall–Kier alpha value is 0.320. The lowest BCUT2D eigenvalue weighted by atomic mass is 10.2. The van der Waals surface area contributed by atoms with Gasteiger partial charge in [-0.15, -0.1) is 0 Å². The summed E-state index contributed by atoms with van der Waals surface area (Å²) in [7, 11) is 2.35. The van der Waals surface area contributed by atoms with Crippen LogP contribution in [-0.4, -0.2) is 29.4 Å². The second-order valence-corrected chi connectivity index (χ2v) is 5.05. The van der Waals surface area contributed by atoms with E-state index in [-0.39, 0.29) is 0 Å². The number of halogens is 1. The molecule has 1 heterocycles. The zero-order valence-electron chi connectivity index (χ0n) is 8.02. The molecule has 1 rings (SSSR count). The fraction of sp³-hybridized carbons (Fsp3) is 1.00. The van der Waals surface area contributed by atoms with Crippen molar-refractivity contribution in [1.82, 2.24) is 4.90 Å². The van der Waals surface area contributed by atoms with E-state index in [4.69, 9.17) is 0 Å². The van der Waals surface area contributed by atoms with Crippen molar-refractivity contribution in [2.75, 3.05) is 13.1 Å². The van der Waals surface area contributed by atoms with Gasteiger partial charge < -0.3 is 4.90 Å². The molecule has 2 atom stereocenters. The summed E-state index contributed by atoms with van der Waals surface area (Å²) in [6, 6.07) is 0.559. The first-order valence-electron chi connectivity index (χ1n) is 4.73. The molecule has 12 heavy (non-hydrogen) atoms. The smallest absolute Gasteiger partial charge is 0.125 e. The first-order chi connectivity index (χ1) is 5.51. The molecule has 1 fully saturated rings. The zero-order chi connectivity index (χ0) is 9.19. The van der Waals surface area contributed by atoms with Crippen LogP contribution in [0.5, 0.6) is 0 Å². The van der Waals surface area contributed by atoms with E-state index >= 15 is 0 Å². The third kappa shape index (κ3) is 2.99. The third-order valence-corrected chi connectivity index (χ3v) is 3.16. The van der Waals surface area contributed by atoms with Crippen molar-refractivity contribution in [1.29, 1.82) is 0 Å². The van der Waals surface area contributed by atoms with Gasteiger partial charge in [0.05, 0.1) is 0 Å². The predicted molar refractivity (Wildman–Crippen MR) is 54.1 cm³/mol. The Labute approximate surface area is 76.9 Å². The summed E-state index contributed by atoms with van der Waals surface area (Å²) in [5.41, 5.74) is 0. The van der Waals surface area contributed by atoms with Crippen molar-refractivity contribution < 1.29 is 4.39 Å². The Morgan fingerprint density at radius 2 is 2.00 bits per heavy atom. The highest BCUT2D eigenvalue weighted by atomic mass is 31.0. The number of hydrogen-bond donors (Lipinski definition) is 0.